The Hall–Kier alpha value is -1.72. The Morgan fingerprint density at radius 2 is 2.14 bits per heavy atom. The van der Waals surface area contributed by atoms with E-state index in [0.717, 1.165) is 11.5 Å². The van der Waals surface area contributed by atoms with Gasteiger partial charge in [0.25, 0.3) is 5.56 Å². The van der Waals surface area contributed by atoms with Gasteiger partial charge in [0.15, 0.2) is 0 Å². The lowest BCUT2D eigenvalue weighted by Crippen LogP contribution is -2.23. The van der Waals surface area contributed by atoms with E-state index in [9.17, 15) is 4.79 Å². The van der Waals surface area contributed by atoms with Crippen molar-refractivity contribution in [1.29, 1.82) is 0 Å². The standard InChI is InChI=1S/C15H16ClN3OS/c1-2-9-21-10-8-17-13-11-18-19(15(20)14(13)16)12-6-4-3-5-7-12/h2-7,11,17H,1,8-10H2. The fourth-order valence-corrected chi connectivity index (χ4v) is 2.51. The van der Waals surface area contributed by atoms with Crippen LogP contribution in [0.25, 0.3) is 5.69 Å². The van der Waals surface area contributed by atoms with Crippen molar-refractivity contribution in [2.24, 2.45) is 0 Å². The minimum atomic E-state index is -0.327. The second-order valence-electron chi connectivity index (χ2n) is 4.22. The molecule has 0 fully saturated rings. The predicted molar refractivity (Wildman–Crippen MR) is 90.9 cm³/mol. The van der Waals surface area contributed by atoms with E-state index >= 15 is 0 Å². The molecule has 0 aliphatic rings. The number of rotatable bonds is 7. The van der Waals surface area contributed by atoms with Crippen molar-refractivity contribution in [3.8, 4) is 5.69 Å². The fourth-order valence-electron chi connectivity index (χ4n) is 1.73. The quantitative estimate of drug-likeness (QED) is 0.628. The molecule has 2 aromatic rings. The Labute approximate surface area is 132 Å². The minimum Gasteiger partial charge on any atom is -0.382 e. The summed E-state index contributed by atoms with van der Waals surface area (Å²) in [6.45, 7) is 4.38. The maximum atomic E-state index is 12.2. The van der Waals surface area contributed by atoms with Crippen LogP contribution in [0.4, 0.5) is 5.69 Å². The van der Waals surface area contributed by atoms with Crippen molar-refractivity contribution < 1.29 is 0 Å². The summed E-state index contributed by atoms with van der Waals surface area (Å²) in [5, 5.41) is 7.44. The fraction of sp³-hybridized carbons (Fsp3) is 0.200. The molecule has 0 atom stereocenters. The number of aromatic nitrogens is 2. The molecule has 0 amide bonds. The van der Waals surface area contributed by atoms with Gasteiger partial charge in [0.1, 0.15) is 5.02 Å². The van der Waals surface area contributed by atoms with Crippen molar-refractivity contribution in [3.05, 3.63) is 64.6 Å². The maximum absolute atomic E-state index is 12.2. The molecule has 1 aromatic carbocycles. The molecular weight excluding hydrogens is 306 g/mol. The Bertz CT molecular complexity index is 658. The third-order valence-corrected chi connectivity index (χ3v) is 4.05. The number of benzene rings is 1. The Morgan fingerprint density at radius 3 is 2.86 bits per heavy atom. The van der Waals surface area contributed by atoms with Crippen molar-refractivity contribution in [2.45, 2.75) is 0 Å². The summed E-state index contributed by atoms with van der Waals surface area (Å²) in [5.41, 5.74) is 0.928. The summed E-state index contributed by atoms with van der Waals surface area (Å²) in [5.74, 6) is 1.81. The SMILES string of the molecule is C=CCSCCNc1cnn(-c2ccccc2)c(=O)c1Cl. The molecule has 0 radical (unpaired) electrons. The molecular formula is C15H16ClN3OS. The van der Waals surface area contributed by atoms with Crippen LogP contribution in [0.5, 0.6) is 0 Å². The van der Waals surface area contributed by atoms with Gasteiger partial charge in [-0.1, -0.05) is 35.9 Å². The largest absolute Gasteiger partial charge is 0.382 e. The second kappa shape index (κ2) is 7.90. The lowest BCUT2D eigenvalue weighted by molar-refractivity contribution is 0.807. The summed E-state index contributed by atoms with van der Waals surface area (Å²) >= 11 is 7.88. The smallest absolute Gasteiger partial charge is 0.292 e. The van der Waals surface area contributed by atoms with E-state index < -0.39 is 0 Å². The number of halogens is 1. The number of nitrogens with zero attached hydrogens (tertiary/aromatic N) is 2. The highest BCUT2D eigenvalue weighted by Gasteiger charge is 2.09. The highest BCUT2D eigenvalue weighted by Crippen LogP contribution is 2.16. The predicted octanol–water partition coefficient (Wildman–Crippen LogP) is 3.22. The third-order valence-electron chi connectivity index (χ3n) is 2.72. The van der Waals surface area contributed by atoms with Crippen LogP contribution in [0.2, 0.25) is 5.02 Å². The molecule has 0 bridgehead atoms. The number of hydrogen-bond donors (Lipinski definition) is 1. The van der Waals surface area contributed by atoms with Gasteiger partial charge in [-0.15, -0.1) is 6.58 Å². The summed E-state index contributed by atoms with van der Waals surface area (Å²) < 4.78 is 1.29. The first-order chi connectivity index (χ1) is 10.2. The Kier molecular flexibility index (Phi) is 5.90. The van der Waals surface area contributed by atoms with E-state index in [0.29, 0.717) is 17.9 Å². The van der Waals surface area contributed by atoms with Gasteiger partial charge in [-0.05, 0) is 12.1 Å². The molecule has 0 aliphatic heterocycles. The maximum Gasteiger partial charge on any atom is 0.292 e. The van der Waals surface area contributed by atoms with Gasteiger partial charge in [0.05, 0.1) is 17.6 Å². The van der Waals surface area contributed by atoms with Gasteiger partial charge in [0.2, 0.25) is 0 Å². The highest BCUT2D eigenvalue weighted by molar-refractivity contribution is 7.99. The summed E-state index contributed by atoms with van der Waals surface area (Å²) in [7, 11) is 0. The molecule has 1 N–H and O–H groups in total. The Morgan fingerprint density at radius 1 is 1.38 bits per heavy atom. The first kappa shape index (κ1) is 15.7. The molecule has 0 spiro atoms. The van der Waals surface area contributed by atoms with Crippen LogP contribution >= 0.6 is 23.4 Å². The lowest BCUT2D eigenvalue weighted by atomic mass is 10.3. The van der Waals surface area contributed by atoms with Crippen LogP contribution in [0, 0.1) is 0 Å². The summed E-state index contributed by atoms with van der Waals surface area (Å²) in [6, 6.07) is 9.20. The van der Waals surface area contributed by atoms with E-state index in [2.05, 4.69) is 17.0 Å². The second-order valence-corrected chi connectivity index (χ2v) is 5.74. The average molecular weight is 322 g/mol. The normalized spacial score (nSPS) is 10.3. The minimum absolute atomic E-state index is 0.155. The topological polar surface area (TPSA) is 46.9 Å². The highest BCUT2D eigenvalue weighted by atomic mass is 35.5. The number of para-hydroxylation sites is 1. The molecule has 0 aliphatic carbocycles. The van der Waals surface area contributed by atoms with Crippen molar-refractivity contribution in [3.63, 3.8) is 0 Å². The molecule has 110 valence electrons. The summed E-state index contributed by atoms with van der Waals surface area (Å²) in [4.78, 5) is 12.2. The Balaban J connectivity index is 2.11. The van der Waals surface area contributed by atoms with E-state index in [-0.39, 0.29) is 10.6 Å². The first-order valence-corrected chi connectivity index (χ1v) is 8.03. The molecule has 21 heavy (non-hydrogen) atoms. The van der Waals surface area contributed by atoms with Crippen LogP contribution in [0.15, 0.2) is 54.0 Å². The van der Waals surface area contributed by atoms with Gasteiger partial charge in [-0.25, -0.2) is 0 Å². The van der Waals surface area contributed by atoms with Gasteiger partial charge in [-0.3, -0.25) is 4.79 Å². The van der Waals surface area contributed by atoms with Gasteiger partial charge < -0.3 is 5.32 Å². The van der Waals surface area contributed by atoms with Gasteiger partial charge >= 0.3 is 0 Å². The lowest BCUT2D eigenvalue weighted by Gasteiger charge is -2.10. The van der Waals surface area contributed by atoms with Gasteiger partial charge in [-0.2, -0.15) is 21.5 Å². The number of hydrogen-bond acceptors (Lipinski definition) is 4. The van der Waals surface area contributed by atoms with Crippen LogP contribution < -0.4 is 10.9 Å². The molecule has 1 aromatic heterocycles. The van der Waals surface area contributed by atoms with Crippen LogP contribution in [0.1, 0.15) is 0 Å². The van der Waals surface area contributed by atoms with Crippen LogP contribution in [-0.2, 0) is 0 Å². The first-order valence-electron chi connectivity index (χ1n) is 6.50. The van der Waals surface area contributed by atoms with Crippen molar-refractivity contribution >= 4 is 29.1 Å². The van der Waals surface area contributed by atoms with E-state index in [1.54, 1.807) is 18.0 Å². The number of nitrogens with one attached hydrogen (secondary N) is 1. The van der Waals surface area contributed by atoms with Crippen LogP contribution in [-0.4, -0.2) is 27.8 Å². The molecule has 1 heterocycles. The average Bonchev–Trinajstić information content (AvgIpc) is 2.52. The number of anilines is 1. The van der Waals surface area contributed by atoms with Crippen molar-refractivity contribution in [1.82, 2.24) is 9.78 Å². The molecule has 0 saturated heterocycles. The van der Waals surface area contributed by atoms with E-state index in [4.69, 9.17) is 11.6 Å². The summed E-state index contributed by atoms with van der Waals surface area (Å²) in [6.07, 6.45) is 3.44. The zero-order chi connectivity index (χ0) is 15.1. The van der Waals surface area contributed by atoms with E-state index in [1.165, 1.54) is 4.68 Å². The molecule has 2 rings (SSSR count). The van der Waals surface area contributed by atoms with Gasteiger partial charge in [0, 0.05) is 18.1 Å². The molecule has 4 nitrogen and oxygen atoms in total. The van der Waals surface area contributed by atoms with Crippen molar-refractivity contribution in [2.75, 3.05) is 23.4 Å². The zero-order valence-electron chi connectivity index (χ0n) is 11.5. The third kappa shape index (κ3) is 4.12. The van der Waals surface area contributed by atoms with Crippen LogP contribution in [0.3, 0.4) is 0 Å². The molecule has 6 heteroatoms. The van der Waals surface area contributed by atoms with E-state index in [1.807, 2.05) is 36.4 Å². The zero-order valence-corrected chi connectivity index (χ0v) is 13.0. The number of thioether (sulfide) groups is 1. The molecule has 0 unspecified atom stereocenters. The molecule has 0 saturated carbocycles. The monoisotopic (exact) mass is 321 g/mol.